The molecule has 106 valence electrons. The largest absolute Gasteiger partial charge is 0.494 e. The Kier molecular flexibility index (Phi) is 4.75. The van der Waals surface area contributed by atoms with E-state index in [0.29, 0.717) is 6.61 Å². The van der Waals surface area contributed by atoms with E-state index in [0.717, 1.165) is 22.6 Å². The van der Waals surface area contributed by atoms with Crippen LogP contribution in [-0.2, 0) is 10.0 Å². The van der Waals surface area contributed by atoms with E-state index >= 15 is 0 Å². The summed E-state index contributed by atoms with van der Waals surface area (Å²) in [6, 6.07) is 10.4. The Morgan fingerprint density at radius 2 is 2.20 bits per heavy atom. The number of hydrogen-bond donors (Lipinski definition) is 1. The van der Waals surface area contributed by atoms with Crippen LogP contribution in [0.5, 0.6) is 5.75 Å². The maximum Gasteiger partial charge on any atom is 0.286 e. The predicted octanol–water partition coefficient (Wildman–Crippen LogP) is 2.46. The zero-order chi connectivity index (χ0) is 14.4. The molecule has 0 aliphatic carbocycles. The maximum atomic E-state index is 11.8. The van der Waals surface area contributed by atoms with Gasteiger partial charge in [0.25, 0.3) is 10.0 Å². The molecule has 0 unspecified atom stereocenters. The van der Waals surface area contributed by atoms with Gasteiger partial charge in [-0.2, -0.15) is 18.4 Å². The number of thiophene rings is 1. The third-order valence-electron chi connectivity index (χ3n) is 2.32. The van der Waals surface area contributed by atoms with Gasteiger partial charge in [-0.05, 0) is 36.1 Å². The first kappa shape index (κ1) is 14.5. The van der Waals surface area contributed by atoms with Gasteiger partial charge in [0.15, 0.2) is 0 Å². The third kappa shape index (κ3) is 3.82. The van der Waals surface area contributed by atoms with Crippen molar-refractivity contribution in [3.05, 3.63) is 47.3 Å². The van der Waals surface area contributed by atoms with E-state index < -0.39 is 10.0 Å². The van der Waals surface area contributed by atoms with Crippen molar-refractivity contribution in [1.29, 1.82) is 0 Å². The molecule has 1 aromatic carbocycles. The van der Waals surface area contributed by atoms with E-state index in [-0.39, 0.29) is 4.21 Å². The van der Waals surface area contributed by atoms with Gasteiger partial charge in [0, 0.05) is 0 Å². The lowest BCUT2D eigenvalue weighted by molar-refractivity contribution is 0.340. The molecule has 20 heavy (non-hydrogen) atoms. The molecule has 0 fully saturated rings. The summed E-state index contributed by atoms with van der Waals surface area (Å²) in [4.78, 5) is 2.17. The molecular weight excluding hydrogens is 296 g/mol. The average molecular weight is 310 g/mol. The van der Waals surface area contributed by atoms with Gasteiger partial charge in [-0.15, -0.1) is 11.3 Å². The summed E-state index contributed by atoms with van der Waals surface area (Å²) in [5, 5.41) is 5.46. The summed E-state index contributed by atoms with van der Waals surface area (Å²) in [5.74, 6) is 0.720. The second-order valence-corrected chi connectivity index (χ2v) is 6.63. The smallest absolute Gasteiger partial charge is 0.286 e. The first-order chi connectivity index (χ1) is 9.62. The van der Waals surface area contributed by atoms with Crippen LogP contribution in [0.2, 0.25) is 0 Å². The summed E-state index contributed by atoms with van der Waals surface area (Å²) in [5.41, 5.74) is 0.754. The van der Waals surface area contributed by atoms with Crippen molar-refractivity contribution in [3.8, 4) is 5.75 Å². The number of nitrogens with zero attached hydrogens (tertiary/aromatic N) is 1. The highest BCUT2D eigenvalue weighted by Gasteiger charge is 2.12. The molecule has 0 spiro atoms. The second-order valence-electron chi connectivity index (χ2n) is 3.79. The Bertz CT molecular complexity index is 679. The number of hydrazone groups is 1. The van der Waals surface area contributed by atoms with Gasteiger partial charge in [0.2, 0.25) is 0 Å². The van der Waals surface area contributed by atoms with Crippen LogP contribution in [-0.4, -0.2) is 21.2 Å². The molecule has 2 aromatic rings. The molecular formula is C13H14N2O3S2. The fourth-order valence-electron chi connectivity index (χ4n) is 1.48. The Balaban J connectivity index is 2.05. The van der Waals surface area contributed by atoms with Gasteiger partial charge in [0.1, 0.15) is 9.96 Å². The number of nitrogens with one attached hydrogen (secondary N) is 1. The highest BCUT2D eigenvalue weighted by Crippen LogP contribution is 2.15. The molecule has 0 amide bonds. The SMILES string of the molecule is CCOc1cccc(/C=N/NS(=O)(=O)c2cccs2)c1. The van der Waals surface area contributed by atoms with Crippen LogP contribution in [0.1, 0.15) is 12.5 Å². The van der Waals surface area contributed by atoms with E-state index in [1.54, 1.807) is 17.5 Å². The summed E-state index contributed by atoms with van der Waals surface area (Å²) >= 11 is 1.14. The van der Waals surface area contributed by atoms with Crippen molar-refractivity contribution in [2.45, 2.75) is 11.1 Å². The Labute approximate surface area is 122 Å². The fraction of sp³-hybridized carbons (Fsp3) is 0.154. The second kappa shape index (κ2) is 6.53. The van der Waals surface area contributed by atoms with E-state index in [2.05, 4.69) is 9.93 Å². The molecule has 0 aliphatic rings. The van der Waals surface area contributed by atoms with Gasteiger partial charge >= 0.3 is 0 Å². The minimum Gasteiger partial charge on any atom is -0.494 e. The molecule has 7 heteroatoms. The van der Waals surface area contributed by atoms with Crippen molar-refractivity contribution in [1.82, 2.24) is 4.83 Å². The molecule has 0 bridgehead atoms. The molecule has 0 radical (unpaired) electrons. The highest BCUT2D eigenvalue weighted by atomic mass is 32.2. The van der Waals surface area contributed by atoms with E-state index in [1.807, 2.05) is 25.1 Å². The standard InChI is InChI=1S/C13H14N2O3S2/c1-2-18-12-6-3-5-11(9-12)10-14-15-20(16,17)13-7-4-8-19-13/h3-10,15H,2H2,1H3/b14-10+. The van der Waals surface area contributed by atoms with Crippen molar-refractivity contribution in [2.75, 3.05) is 6.61 Å². The summed E-state index contributed by atoms with van der Waals surface area (Å²) in [6.07, 6.45) is 1.44. The Hall–Kier alpha value is -1.86. The molecule has 2 rings (SSSR count). The normalized spacial score (nSPS) is 11.7. The maximum absolute atomic E-state index is 11.8. The molecule has 1 heterocycles. The molecule has 1 N–H and O–H groups in total. The van der Waals surface area contributed by atoms with Crippen LogP contribution in [0.25, 0.3) is 0 Å². The molecule has 0 aliphatic heterocycles. The quantitative estimate of drug-likeness (QED) is 0.658. The minimum absolute atomic E-state index is 0.234. The van der Waals surface area contributed by atoms with Crippen LogP contribution in [0, 0.1) is 0 Å². The lowest BCUT2D eigenvalue weighted by atomic mass is 10.2. The molecule has 0 atom stereocenters. The number of hydrogen-bond acceptors (Lipinski definition) is 5. The Morgan fingerprint density at radius 3 is 2.90 bits per heavy atom. The monoisotopic (exact) mass is 310 g/mol. The summed E-state index contributed by atoms with van der Waals surface area (Å²) in [7, 11) is -3.57. The minimum atomic E-state index is -3.57. The van der Waals surface area contributed by atoms with Crippen LogP contribution >= 0.6 is 11.3 Å². The van der Waals surface area contributed by atoms with Gasteiger partial charge < -0.3 is 4.74 Å². The molecule has 1 aromatic heterocycles. The van der Waals surface area contributed by atoms with Gasteiger partial charge in [-0.3, -0.25) is 0 Å². The molecule has 0 saturated carbocycles. The highest BCUT2D eigenvalue weighted by molar-refractivity contribution is 7.91. The first-order valence-corrected chi connectivity index (χ1v) is 8.29. The first-order valence-electron chi connectivity index (χ1n) is 5.93. The van der Waals surface area contributed by atoms with Crippen molar-refractivity contribution >= 4 is 27.6 Å². The number of rotatable bonds is 6. The van der Waals surface area contributed by atoms with Crippen LogP contribution in [0.15, 0.2) is 51.1 Å². The topological polar surface area (TPSA) is 67.8 Å². The Morgan fingerprint density at radius 1 is 1.35 bits per heavy atom. The van der Waals surface area contributed by atoms with Gasteiger partial charge in [-0.1, -0.05) is 18.2 Å². The van der Waals surface area contributed by atoms with Crippen molar-refractivity contribution < 1.29 is 13.2 Å². The molecule has 0 saturated heterocycles. The predicted molar refractivity (Wildman–Crippen MR) is 79.8 cm³/mol. The van der Waals surface area contributed by atoms with Crippen LogP contribution in [0.3, 0.4) is 0 Å². The summed E-state index contributed by atoms with van der Waals surface area (Å²) < 4.78 is 29.2. The fourth-order valence-corrected chi connectivity index (χ4v) is 3.26. The van der Waals surface area contributed by atoms with Crippen LogP contribution in [0.4, 0.5) is 0 Å². The lowest BCUT2D eigenvalue weighted by Crippen LogP contribution is -2.17. The van der Waals surface area contributed by atoms with Crippen molar-refractivity contribution in [2.24, 2.45) is 5.10 Å². The number of sulfonamides is 1. The van der Waals surface area contributed by atoms with Gasteiger partial charge in [0.05, 0.1) is 12.8 Å². The lowest BCUT2D eigenvalue weighted by Gasteiger charge is -2.03. The zero-order valence-corrected chi connectivity index (χ0v) is 12.4. The third-order valence-corrected chi connectivity index (χ3v) is 4.94. The van der Waals surface area contributed by atoms with Crippen LogP contribution < -0.4 is 9.57 Å². The number of benzene rings is 1. The zero-order valence-electron chi connectivity index (χ0n) is 10.8. The van der Waals surface area contributed by atoms with Crippen molar-refractivity contribution in [3.63, 3.8) is 0 Å². The summed E-state index contributed by atoms with van der Waals surface area (Å²) in [6.45, 7) is 2.47. The molecule has 5 nitrogen and oxygen atoms in total. The van der Waals surface area contributed by atoms with E-state index in [9.17, 15) is 8.42 Å². The van der Waals surface area contributed by atoms with E-state index in [4.69, 9.17) is 4.74 Å². The van der Waals surface area contributed by atoms with Gasteiger partial charge in [-0.25, -0.2) is 0 Å². The number of ether oxygens (including phenoxy) is 1. The average Bonchev–Trinajstić information content (AvgIpc) is 2.94. The van der Waals surface area contributed by atoms with E-state index in [1.165, 1.54) is 12.3 Å².